The molecular weight excluding hydrogens is 264 g/mol. The van der Waals surface area contributed by atoms with Crippen LogP contribution in [0.1, 0.15) is 6.92 Å². The lowest BCUT2D eigenvalue weighted by Gasteiger charge is -2.14. The summed E-state index contributed by atoms with van der Waals surface area (Å²) in [7, 11) is -3.20. The largest absolute Gasteiger partial charge is 0.326 e. The average molecular weight is 282 g/mol. The Kier molecular flexibility index (Phi) is 3.91. The number of hydrogen-bond donors (Lipinski definition) is 2. The number of rotatable bonds is 3. The molecular formula is C13H18N2O3S. The number of carbonyl (C=O) groups is 1. The first-order valence-electron chi connectivity index (χ1n) is 6.19. The summed E-state index contributed by atoms with van der Waals surface area (Å²) in [5.74, 6) is 0.259. The lowest BCUT2D eigenvalue weighted by atomic mass is 9.97. The van der Waals surface area contributed by atoms with E-state index in [9.17, 15) is 13.2 Å². The van der Waals surface area contributed by atoms with E-state index in [0.717, 1.165) is 12.8 Å². The van der Waals surface area contributed by atoms with Gasteiger partial charge in [-0.3, -0.25) is 4.79 Å². The molecule has 5 nitrogen and oxygen atoms in total. The standard InChI is InChI=1S/C13H18N2O3S/c1-9-7-14-8-12(9)13(16)15-10-3-5-11(6-4-10)19(2,17)18/h3-6,9,12,14H,7-8H2,1-2H3,(H,15,16). The lowest BCUT2D eigenvalue weighted by Crippen LogP contribution is -2.27. The third kappa shape index (κ3) is 3.33. The van der Waals surface area contributed by atoms with Gasteiger partial charge in [-0.2, -0.15) is 0 Å². The van der Waals surface area contributed by atoms with Crippen molar-refractivity contribution in [2.75, 3.05) is 24.7 Å². The molecule has 1 aromatic rings. The molecule has 2 rings (SSSR count). The van der Waals surface area contributed by atoms with Gasteiger partial charge in [0, 0.05) is 18.5 Å². The topological polar surface area (TPSA) is 75.3 Å². The Hall–Kier alpha value is -1.40. The summed E-state index contributed by atoms with van der Waals surface area (Å²) in [6.45, 7) is 3.58. The van der Waals surface area contributed by atoms with Gasteiger partial charge in [0.05, 0.1) is 10.8 Å². The summed E-state index contributed by atoms with van der Waals surface area (Å²) >= 11 is 0. The van der Waals surface area contributed by atoms with Crippen molar-refractivity contribution in [3.63, 3.8) is 0 Å². The predicted molar refractivity (Wildman–Crippen MR) is 73.7 cm³/mol. The van der Waals surface area contributed by atoms with E-state index >= 15 is 0 Å². The van der Waals surface area contributed by atoms with Crippen LogP contribution in [-0.2, 0) is 14.6 Å². The molecule has 1 heterocycles. The molecule has 1 aliphatic rings. The number of carbonyl (C=O) groups excluding carboxylic acids is 1. The van der Waals surface area contributed by atoms with Crippen molar-refractivity contribution >= 4 is 21.4 Å². The highest BCUT2D eigenvalue weighted by atomic mass is 32.2. The number of sulfone groups is 1. The zero-order valence-electron chi connectivity index (χ0n) is 11.0. The summed E-state index contributed by atoms with van der Waals surface area (Å²) < 4.78 is 22.6. The quantitative estimate of drug-likeness (QED) is 0.863. The molecule has 0 saturated carbocycles. The van der Waals surface area contributed by atoms with Gasteiger partial charge in [-0.1, -0.05) is 6.92 Å². The van der Waals surface area contributed by atoms with Crippen molar-refractivity contribution in [2.24, 2.45) is 11.8 Å². The minimum Gasteiger partial charge on any atom is -0.326 e. The van der Waals surface area contributed by atoms with Crippen LogP contribution in [-0.4, -0.2) is 33.7 Å². The maximum atomic E-state index is 12.0. The van der Waals surface area contributed by atoms with Gasteiger partial charge in [0.15, 0.2) is 9.84 Å². The zero-order valence-corrected chi connectivity index (χ0v) is 11.8. The molecule has 6 heteroatoms. The Labute approximate surface area is 113 Å². The molecule has 1 aromatic carbocycles. The van der Waals surface area contributed by atoms with Gasteiger partial charge in [0.2, 0.25) is 5.91 Å². The highest BCUT2D eigenvalue weighted by Gasteiger charge is 2.29. The number of hydrogen-bond acceptors (Lipinski definition) is 4. The maximum absolute atomic E-state index is 12.0. The van der Waals surface area contributed by atoms with Crippen molar-refractivity contribution in [2.45, 2.75) is 11.8 Å². The second-order valence-corrected chi connectivity index (χ2v) is 7.04. The Bertz CT molecular complexity index is 566. The lowest BCUT2D eigenvalue weighted by molar-refractivity contribution is -0.120. The highest BCUT2D eigenvalue weighted by Crippen LogP contribution is 2.19. The van der Waals surface area contributed by atoms with Crippen LogP contribution in [0.4, 0.5) is 5.69 Å². The van der Waals surface area contributed by atoms with Gasteiger partial charge >= 0.3 is 0 Å². The molecule has 1 amide bonds. The van der Waals surface area contributed by atoms with Crippen molar-refractivity contribution in [3.05, 3.63) is 24.3 Å². The van der Waals surface area contributed by atoms with E-state index in [2.05, 4.69) is 10.6 Å². The number of benzene rings is 1. The predicted octanol–water partition coefficient (Wildman–Crippen LogP) is 0.884. The van der Waals surface area contributed by atoms with E-state index in [1.54, 1.807) is 12.1 Å². The normalized spacial score (nSPS) is 23.3. The molecule has 19 heavy (non-hydrogen) atoms. The molecule has 2 unspecified atom stereocenters. The fourth-order valence-electron chi connectivity index (χ4n) is 2.18. The number of anilines is 1. The van der Waals surface area contributed by atoms with Crippen LogP contribution < -0.4 is 10.6 Å². The van der Waals surface area contributed by atoms with Gasteiger partial charge in [-0.15, -0.1) is 0 Å². The van der Waals surface area contributed by atoms with E-state index in [1.165, 1.54) is 12.1 Å². The first-order valence-corrected chi connectivity index (χ1v) is 8.09. The fraction of sp³-hybridized carbons (Fsp3) is 0.462. The van der Waals surface area contributed by atoms with Crippen molar-refractivity contribution in [1.29, 1.82) is 0 Å². The third-order valence-corrected chi connectivity index (χ3v) is 4.53. The van der Waals surface area contributed by atoms with E-state index in [4.69, 9.17) is 0 Å². The molecule has 1 fully saturated rings. The Morgan fingerprint density at radius 3 is 2.37 bits per heavy atom. The zero-order chi connectivity index (χ0) is 14.0. The number of nitrogens with one attached hydrogen (secondary N) is 2. The molecule has 0 aromatic heterocycles. The summed E-state index contributed by atoms with van der Waals surface area (Å²) in [5, 5.41) is 6.00. The van der Waals surface area contributed by atoms with Crippen LogP contribution in [0.25, 0.3) is 0 Å². The Morgan fingerprint density at radius 2 is 1.89 bits per heavy atom. The van der Waals surface area contributed by atoms with E-state index in [0.29, 0.717) is 18.2 Å². The molecule has 2 N–H and O–H groups in total. The number of amides is 1. The molecule has 0 aliphatic carbocycles. The van der Waals surface area contributed by atoms with E-state index < -0.39 is 9.84 Å². The second kappa shape index (κ2) is 5.30. The molecule has 2 atom stereocenters. The van der Waals surface area contributed by atoms with Crippen LogP contribution in [0.3, 0.4) is 0 Å². The molecule has 1 aliphatic heterocycles. The smallest absolute Gasteiger partial charge is 0.229 e. The van der Waals surface area contributed by atoms with E-state index in [-0.39, 0.29) is 16.7 Å². The SMILES string of the molecule is CC1CNCC1C(=O)Nc1ccc(S(C)(=O)=O)cc1. The van der Waals surface area contributed by atoms with Gasteiger partial charge in [-0.25, -0.2) is 8.42 Å². The highest BCUT2D eigenvalue weighted by molar-refractivity contribution is 7.90. The third-order valence-electron chi connectivity index (χ3n) is 3.40. The maximum Gasteiger partial charge on any atom is 0.229 e. The summed E-state index contributed by atoms with van der Waals surface area (Å²) in [5.41, 5.74) is 0.622. The first kappa shape index (κ1) is 14.0. The molecule has 0 bridgehead atoms. The monoisotopic (exact) mass is 282 g/mol. The van der Waals surface area contributed by atoms with Crippen molar-refractivity contribution < 1.29 is 13.2 Å². The van der Waals surface area contributed by atoms with Gasteiger partial charge in [0.1, 0.15) is 0 Å². The van der Waals surface area contributed by atoms with Gasteiger partial charge in [-0.05, 0) is 36.7 Å². The minimum absolute atomic E-state index is 0.0235. The van der Waals surface area contributed by atoms with Crippen LogP contribution in [0.15, 0.2) is 29.2 Å². The average Bonchev–Trinajstić information content (AvgIpc) is 2.75. The fourth-order valence-corrected chi connectivity index (χ4v) is 2.81. The summed E-state index contributed by atoms with van der Waals surface area (Å²) in [6.07, 6.45) is 1.16. The minimum atomic E-state index is -3.20. The molecule has 0 spiro atoms. The Balaban J connectivity index is 2.06. The van der Waals surface area contributed by atoms with E-state index in [1.807, 2.05) is 6.92 Å². The Morgan fingerprint density at radius 1 is 1.26 bits per heavy atom. The molecule has 0 radical (unpaired) electrons. The molecule has 1 saturated heterocycles. The van der Waals surface area contributed by atoms with Crippen molar-refractivity contribution in [1.82, 2.24) is 5.32 Å². The van der Waals surface area contributed by atoms with Gasteiger partial charge in [0.25, 0.3) is 0 Å². The van der Waals surface area contributed by atoms with Crippen LogP contribution in [0.2, 0.25) is 0 Å². The van der Waals surface area contributed by atoms with Gasteiger partial charge < -0.3 is 10.6 Å². The summed E-state index contributed by atoms with van der Waals surface area (Å²) in [4.78, 5) is 12.3. The van der Waals surface area contributed by atoms with Crippen LogP contribution in [0, 0.1) is 11.8 Å². The van der Waals surface area contributed by atoms with Crippen molar-refractivity contribution in [3.8, 4) is 0 Å². The first-order chi connectivity index (χ1) is 8.88. The summed E-state index contributed by atoms with van der Waals surface area (Å²) in [6, 6.07) is 6.23. The molecule has 104 valence electrons. The van der Waals surface area contributed by atoms with Crippen LogP contribution in [0.5, 0.6) is 0 Å². The second-order valence-electron chi connectivity index (χ2n) is 5.03. The van der Waals surface area contributed by atoms with Crippen LogP contribution >= 0.6 is 0 Å².